The van der Waals surface area contributed by atoms with Gasteiger partial charge in [0.05, 0.1) is 6.10 Å². The highest BCUT2D eigenvalue weighted by atomic mass is 16.5. The number of H-pyrrole nitrogens is 1. The number of carbonyl (C=O) groups excluding carboxylic acids is 1. The van der Waals surface area contributed by atoms with Gasteiger partial charge in [-0.3, -0.25) is 9.59 Å². The average molecular weight is 433 g/mol. The smallest absolute Gasteiger partial charge is 0.273 e. The minimum Gasteiger partial charge on any atom is -0.491 e. The third-order valence-electron chi connectivity index (χ3n) is 5.84. The molecule has 1 atom stereocenters. The quantitative estimate of drug-likeness (QED) is 0.617. The van der Waals surface area contributed by atoms with Gasteiger partial charge in [0.1, 0.15) is 11.4 Å². The molecular formula is C25H28N4O3. The second kappa shape index (κ2) is 9.77. The van der Waals surface area contributed by atoms with Crippen molar-refractivity contribution < 1.29 is 9.53 Å². The number of aromatic nitrogens is 3. The summed E-state index contributed by atoms with van der Waals surface area (Å²) in [4.78, 5) is 29.9. The van der Waals surface area contributed by atoms with E-state index in [1.807, 2.05) is 48.2 Å². The highest BCUT2D eigenvalue weighted by molar-refractivity contribution is 5.76. The summed E-state index contributed by atoms with van der Waals surface area (Å²) in [6.45, 7) is 5.38. The van der Waals surface area contributed by atoms with Gasteiger partial charge >= 0.3 is 0 Å². The minimum atomic E-state index is -0.319. The maximum Gasteiger partial charge on any atom is 0.273 e. The van der Waals surface area contributed by atoms with E-state index >= 15 is 0 Å². The maximum absolute atomic E-state index is 12.7. The monoisotopic (exact) mass is 432 g/mol. The number of hydrogen-bond acceptors (Lipinski definition) is 5. The van der Waals surface area contributed by atoms with Crippen molar-refractivity contribution in [2.24, 2.45) is 0 Å². The summed E-state index contributed by atoms with van der Waals surface area (Å²) in [6, 6.07) is 15.6. The molecule has 7 heteroatoms. The number of ether oxygens (including phenoxy) is 1. The number of hydrogen-bond donors (Lipinski definition) is 1. The Bertz CT molecular complexity index is 1160. The molecule has 0 bridgehead atoms. The van der Waals surface area contributed by atoms with E-state index in [9.17, 15) is 9.59 Å². The van der Waals surface area contributed by atoms with Crippen molar-refractivity contribution in [2.45, 2.75) is 52.2 Å². The Hall–Kier alpha value is -3.48. The number of nitrogens with zero attached hydrogens (tertiary/aromatic N) is 3. The first-order chi connectivity index (χ1) is 15.5. The zero-order valence-corrected chi connectivity index (χ0v) is 18.5. The van der Waals surface area contributed by atoms with Crippen molar-refractivity contribution in [1.82, 2.24) is 20.1 Å². The first-order valence-corrected chi connectivity index (χ1v) is 11.1. The van der Waals surface area contributed by atoms with E-state index in [0.29, 0.717) is 18.9 Å². The van der Waals surface area contributed by atoms with E-state index in [0.717, 1.165) is 24.2 Å². The van der Waals surface area contributed by atoms with Crippen LogP contribution in [0.5, 0.6) is 5.75 Å². The Morgan fingerprint density at radius 1 is 1.16 bits per heavy atom. The van der Waals surface area contributed by atoms with Gasteiger partial charge in [0.25, 0.3) is 5.56 Å². The molecule has 2 aromatic carbocycles. The number of aromatic amines is 1. The molecule has 1 N–H and O–H groups in total. The Balaban J connectivity index is 1.39. The normalized spacial score (nSPS) is 14.0. The molecule has 2 heterocycles. The molecule has 0 saturated heterocycles. The second-order valence-electron chi connectivity index (χ2n) is 8.15. The van der Waals surface area contributed by atoms with Gasteiger partial charge in [-0.15, -0.1) is 10.2 Å². The first-order valence-electron chi connectivity index (χ1n) is 11.1. The number of amides is 1. The molecule has 0 aliphatic carbocycles. The van der Waals surface area contributed by atoms with Gasteiger partial charge in [0, 0.05) is 31.5 Å². The van der Waals surface area contributed by atoms with Crippen LogP contribution in [0.25, 0.3) is 11.4 Å². The zero-order valence-electron chi connectivity index (χ0n) is 18.5. The standard InChI is InChI=1S/C25H28N4O3/c1-3-17(2)32-21-10-6-9-19(15-21)24-26-25(31)22(27-28-24)11-12-23(30)29-14-13-18-7-4-5-8-20(18)16-29/h4-10,15,17H,3,11-14,16H2,1-2H3,(H,26,28,31). The molecular weight excluding hydrogens is 404 g/mol. The van der Waals surface area contributed by atoms with Crippen LogP contribution in [0, 0.1) is 0 Å². The van der Waals surface area contributed by atoms with E-state index in [1.54, 1.807) is 0 Å². The van der Waals surface area contributed by atoms with Gasteiger partial charge in [-0.1, -0.05) is 43.3 Å². The molecule has 4 rings (SSSR count). The average Bonchev–Trinajstić information content (AvgIpc) is 2.82. The summed E-state index contributed by atoms with van der Waals surface area (Å²) in [5.74, 6) is 1.13. The summed E-state index contributed by atoms with van der Waals surface area (Å²) in [5, 5.41) is 8.29. The van der Waals surface area contributed by atoms with Crippen LogP contribution in [0.15, 0.2) is 53.3 Å². The van der Waals surface area contributed by atoms with Crippen LogP contribution >= 0.6 is 0 Å². The highest BCUT2D eigenvalue weighted by Crippen LogP contribution is 2.22. The molecule has 1 aliphatic rings. The van der Waals surface area contributed by atoms with E-state index in [2.05, 4.69) is 34.2 Å². The highest BCUT2D eigenvalue weighted by Gasteiger charge is 2.20. The molecule has 1 unspecified atom stereocenters. The third-order valence-corrected chi connectivity index (χ3v) is 5.84. The lowest BCUT2D eigenvalue weighted by Crippen LogP contribution is -2.36. The van der Waals surface area contributed by atoms with E-state index < -0.39 is 0 Å². The molecule has 0 saturated carbocycles. The van der Waals surface area contributed by atoms with Crippen LogP contribution in [-0.4, -0.2) is 38.6 Å². The third kappa shape index (κ3) is 5.04. The number of benzene rings is 2. The molecule has 1 aliphatic heterocycles. The summed E-state index contributed by atoms with van der Waals surface area (Å²) in [5.41, 5.74) is 3.17. The van der Waals surface area contributed by atoms with E-state index in [1.165, 1.54) is 11.1 Å². The van der Waals surface area contributed by atoms with Crippen LogP contribution in [-0.2, 0) is 24.2 Å². The van der Waals surface area contributed by atoms with Crippen molar-refractivity contribution in [3.05, 3.63) is 75.7 Å². The molecule has 166 valence electrons. The number of rotatable bonds is 7. The summed E-state index contributed by atoms with van der Waals surface area (Å²) < 4.78 is 5.84. The van der Waals surface area contributed by atoms with Gasteiger partial charge in [-0.25, -0.2) is 0 Å². The van der Waals surface area contributed by atoms with Crippen LogP contribution in [0.4, 0.5) is 0 Å². The maximum atomic E-state index is 12.7. The van der Waals surface area contributed by atoms with Gasteiger partial charge in [-0.2, -0.15) is 0 Å². The molecule has 1 amide bonds. The molecule has 0 fully saturated rings. The Kier molecular flexibility index (Phi) is 6.63. The van der Waals surface area contributed by atoms with Gasteiger partial charge < -0.3 is 14.6 Å². The number of nitrogens with one attached hydrogen (secondary N) is 1. The predicted molar refractivity (Wildman–Crippen MR) is 122 cm³/mol. The molecule has 7 nitrogen and oxygen atoms in total. The lowest BCUT2D eigenvalue weighted by atomic mass is 9.99. The molecule has 0 spiro atoms. The Labute approximate surface area is 187 Å². The zero-order chi connectivity index (χ0) is 22.5. The SMILES string of the molecule is CCC(C)Oc1cccc(-c2nnc(CCC(=O)N3CCc4ccccc4C3)c(=O)[nH]2)c1. The molecule has 1 aromatic heterocycles. The fraction of sp³-hybridized carbons (Fsp3) is 0.360. The van der Waals surface area contributed by atoms with Crippen LogP contribution in [0.2, 0.25) is 0 Å². The largest absolute Gasteiger partial charge is 0.491 e. The van der Waals surface area contributed by atoms with Crippen molar-refractivity contribution in [1.29, 1.82) is 0 Å². The van der Waals surface area contributed by atoms with Gasteiger partial charge in [-0.05, 0) is 43.0 Å². The number of aryl methyl sites for hydroxylation is 1. The molecule has 0 radical (unpaired) electrons. The van der Waals surface area contributed by atoms with Crippen LogP contribution < -0.4 is 10.3 Å². The summed E-state index contributed by atoms with van der Waals surface area (Å²) in [6.07, 6.45) is 2.35. The Morgan fingerprint density at radius 3 is 2.75 bits per heavy atom. The number of fused-ring (bicyclic) bond motifs is 1. The molecule has 3 aromatic rings. The van der Waals surface area contributed by atoms with Crippen molar-refractivity contribution in [3.63, 3.8) is 0 Å². The van der Waals surface area contributed by atoms with E-state index in [-0.39, 0.29) is 36.1 Å². The predicted octanol–water partition coefficient (Wildman–Crippen LogP) is 3.53. The van der Waals surface area contributed by atoms with E-state index in [4.69, 9.17) is 4.74 Å². The first kappa shape index (κ1) is 21.7. The van der Waals surface area contributed by atoms with Crippen molar-refractivity contribution in [3.8, 4) is 17.1 Å². The summed E-state index contributed by atoms with van der Waals surface area (Å²) >= 11 is 0. The fourth-order valence-electron chi connectivity index (χ4n) is 3.78. The van der Waals surface area contributed by atoms with Gasteiger partial charge in [0.15, 0.2) is 5.82 Å². The number of carbonyl (C=O) groups is 1. The summed E-state index contributed by atoms with van der Waals surface area (Å²) in [7, 11) is 0. The van der Waals surface area contributed by atoms with Gasteiger partial charge in [0.2, 0.25) is 5.91 Å². The van der Waals surface area contributed by atoms with Crippen molar-refractivity contribution in [2.75, 3.05) is 6.54 Å². The molecule has 32 heavy (non-hydrogen) atoms. The lowest BCUT2D eigenvalue weighted by molar-refractivity contribution is -0.132. The second-order valence-corrected chi connectivity index (χ2v) is 8.15. The fourth-order valence-corrected chi connectivity index (χ4v) is 3.78. The lowest BCUT2D eigenvalue weighted by Gasteiger charge is -2.28. The topological polar surface area (TPSA) is 88.2 Å². The minimum absolute atomic E-state index is 0.0275. The van der Waals surface area contributed by atoms with Crippen LogP contribution in [0.3, 0.4) is 0 Å². The van der Waals surface area contributed by atoms with Crippen molar-refractivity contribution >= 4 is 5.91 Å². The van der Waals surface area contributed by atoms with Crippen LogP contribution in [0.1, 0.15) is 43.5 Å². The Morgan fingerprint density at radius 2 is 1.97 bits per heavy atom.